The second-order valence-corrected chi connectivity index (χ2v) is 34.6. The van der Waals surface area contributed by atoms with E-state index in [0.717, 1.165) is 76.3 Å². The van der Waals surface area contributed by atoms with Crippen molar-refractivity contribution in [2.24, 2.45) is 5.73 Å². The number of carbonyl (C=O) groups excluding carboxylic acids is 2. The lowest BCUT2D eigenvalue weighted by Crippen LogP contribution is -2.50. The van der Waals surface area contributed by atoms with E-state index in [1.165, 1.54) is 0 Å². The van der Waals surface area contributed by atoms with Crippen molar-refractivity contribution < 1.29 is 73.5 Å². The number of aliphatic hydroxyl groups excluding tert-OH is 2. The zero-order valence-electron chi connectivity index (χ0n) is 58.4. The number of hydrogen-bond acceptors (Lipinski definition) is 20. The van der Waals surface area contributed by atoms with Gasteiger partial charge in [-0.1, -0.05) is 106 Å². The summed E-state index contributed by atoms with van der Waals surface area (Å²) in [5.41, 5.74) is 14.6. The maximum absolute atomic E-state index is 13.0. The van der Waals surface area contributed by atoms with E-state index >= 15 is 0 Å². The van der Waals surface area contributed by atoms with Crippen molar-refractivity contribution in [2.75, 3.05) is 157 Å². The third-order valence-electron chi connectivity index (χ3n) is 17.8. The fourth-order valence-corrected chi connectivity index (χ4v) is 18.1. The number of sulfone groups is 3. The first-order valence-corrected chi connectivity index (χ1v) is 41.4. The fraction of sp³-hybridized carbons (Fsp3) is 0.479. The van der Waals surface area contributed by atoms with Gasteiger partial charge in [0.05, 0.1) is 91.4 Å². The number of nitrogens with one attached hydrogen (secondary N) is 2. The molecule has 3 aliphatic heterocycles. The number of hydrogen-bond donors (Lipinski definition) is 5. The van der Waals surface area contributed by atoms with Crippen LogP contribution in [-0.4, -0.2) is 231 Å². The second-order valence-electron chi connectivity index (χ2n) is 25.8. The first-order valence-electron chi connectivity index (χ1n) is 34.2. The van der Waals surface area contributed by atoms with Gasteiger partial charge in [-0.3, -0.25) is 9.59 Å². The number of aliphatic hydroxyl groups is 2. The van der Waals surface area contributed by atoms with E-state index in [4.69, 9.17) is 104 Å². The van der Waals surface area contributed by atoms with E-state index in [2.05, 4.69) is 25.3 Å². The molecule has 0 aliphatic carbocycles. The van der Waals surface area contributed by atoms with E-state index in [9.17, 15) is 45.1 Å². The van der Waals surface area contributed by atoms with Gasteiger partial charge in [0, 0.05) is 127 Å². The van der Waals surface area contributed by atoms with Crippen LogP contribution in [0.4, 0.5) is 0 Å². The van der Waals surface area contributed by atoms with Crippen LogP contribution in [0.25, 0.3) is 0 Å². The van der Waals surface area contributed by atoms with Crippen LogP contribution in [0, 0.1) is 0 Å². The fourth-order valence-electron chi connectivity index (χ4n) is 12.6. The first kappa shape index (κ1) is 85.0. The van der Waals surface area contributed by atoms with E-state index in [0.29, 0.717) is 87.5 Å². The van der Waals surface area contributed by atoms with Crippen LogP contribution in [0.5, 0.6) is 0 Å². The quantitative estimate of drug-likeness (QED) is 0.0226. The molecule has 6 N–H and O–H groups in total. The Labute approximate surface area is 640 Å². The highest BCUT2D eigenvalue weighted by Crippen LogP contribution is 2.42. The average Bonchev–Trinajstić information content (AvgIpc) is 0.786. The number of nitrogens with zero attached hydrogens (tertiary/aromatic N) is 3. The van der Waals surface area contributed by atoms with Gasteiger partial charge in [0.15, 0.2) is 41.7 Å². The Hall–Kier alpha value is -4.63. The van der Waals surface area contributed by atoms with Gasteiger partial charge in [0.2, 0.25) is 0 Å². The second kappa shape index (κ2) is 41.2. The molecule has 0 aromatic heterocycles. The number of halogens is 6. The van der Waals surface area contributed by atoms with Crippen molar-refractivity contribution in [2.45, 2.75) is 83.5 Å². The van der Waals surface area contributed by atoms with Gasteiger partial charge >= 0.3 is 0 Å². The molecule has 104 heavy (non-hydrogen) atoms. The predicted octanol–water partition coefficient (Wildman–Crippen LogP) is 9.23. The van der Waals surface area contributed by atoms with Crippen molar-refractivity contribution in [1.82, 2.24) is 25.3 Å². The highest BCUT2D eigenvalue weighted by Gasteiger charge is 2.33. The molecule has 0 bridgehead atoms. The Balaban J connectivity index is 0.000000355. The Morgan fingerprint density at radius 2 is 0.683 bits per heavy atom. The number of likely N-dealkylation sites (N-methyl/N-ethyl adjacent to an activating group) is 3. The van der Waals surface area contributed by atoms with Gasteiger partial charge in [0.1, 0.15) is 0 Å². The molecule has 2 amide bonds. The summed E-state index contributed by atoms with van der Waals surface area (Å²) in [4.78, 5) is 31.9. The molecule has 9 rings (SSSR count). The maximum atomic E-state index is 13.0. The molecule has 6 aromatic carbocycles. The minimum absolute atomic E-state index is 0.00666. The number of fused-ring (bicyclic) bond motifs is 3. The van der Waals surface area contributed by atoms with Crippen LogP contribution in [0.3, 0.4) is 0 Å². The van der Waals surface area contributed by atoms with Crippen molar-refractivity contribution in [3.63, 3.8) is 0 Å². The highest BCUT2D eigenvalue weighted by molar-refractivity contribution is 7.92. The van der Waals surface area contributed by atoms with Gasteiger partial charge in [-0.25, -0.2) is 25.3 Å². The molecular weight excluding hydrogens is 1530 g/mol. The molecule has 31 heteroatoms. The number of rotatable bonds is 38. The normalized spacial score (nSPS) is 17.1. The first-order chi connectivity index (χ1) is 49.7. The summed E-state index contributed by atoms with van der Waals surface area (Å²) in [7, 11) is -4.40. The lowest BCUT2D eigenvalue weighted by Gasteiger charge is -2.33. The largest absolute Gasteiger partial charge is 0.380 e. The van der Waals surface area contributed by atoms with E-state index in [1.807, 2.05) is 75.7 Å². The lowest BCUT2D eigenvalue weighted by atomic mass is 9.85. The number of benzene rings is 6. The monoisotopic (exact) mass is 1610 g/mol. The molecule has 5 atom stereocenters. The summed E-state index contributed by atoms with van der Waals surface area (Å²) in [5.74, 6) is -2.04. The van der Waals surface area contributed by atoms with Gasteiger partial charge in [-0.15, -0.1) is 0 Å². The van der Waals surface area contributed by atoms with Crippen LogP contribution in [0.2, 0.25) is 30.1 Å². The van der Waals surface area contributed by atoms with Crippen LogP contribution < -0.4 is 16.4 Å². The Morgan fingerprint density at radius 3 is 0.952 bits per heavy atom. The molecular formula is C73H92Cl6N6O16S3. The lowest BCUT2D eigenvalue weighted by molar-refractivity contribution is -0.146. The van der Waals surface area contributed by atoms with Gasteiger partial charge < -0.3 is 69.7 Å². The summed E-state index contributed by atoms with van der Waals surface area (Å²) in [6.45, 7) is 7.81. The minimum Gasteiger partial charge on any atom is -0.380 e. The molecule has 22 nitrogen and oxygen atoms in total. The van der Waals surface area contributed by atoms with Gasteiger partial charge in [0.25, 0.3) is 11.8 Å². The van der Waals surface area contributed by atoms with Crippen LogP contribution in [-0.2, 0) is 87.2 Å². The van der Waals surface area contributed by atoms with Crippen LogP contribution in [0.1, 0.15) is 87.1 Å². The SMILES string of the molecule is CN1Cc2c(Cl)cc(Cl)cc2C(c2ccc(S(=O)(=O)CCCOCCOCCN)cc2)C1.CN1Cc2c(Cl)cc(Cl)cc2C(c2ccc(S(=O)(=O)CCCOCCOCCNC(=O)C(O)C(O)C(=O)NCCOCCOCCCS(=O)(=O)c3ccc(C4CN(C)Cc5c(Cl)cc(Cl)cc54)cc3)cc2)C1. The molecule has 6 aromatic rings. The third kappa shape index (κ3) is 25.0. The summed E-state index contributed by atoms with van der Waals surface area (Å²) in [6.07, 6.45) is -3.09. The smallest absolute Gasteiger partial charge is 0.252 e. The molecule has 570 valence electrons. The molecule has 0 fully saturated rings. The van der Waals surface area contributed by atoms with Crippen LogP contribution in [0.15, 0.2) is 124 Å². The molecule has 0 saturated heterocycles. The predicted molar refractivity (Wildman–Crippen MR) is 405 cm³/mol. The topological polar surface area (TPSA) is 292 Å². The van der Waals surface area contributed by atoms with E-state index in [1.54, 1.807) is 54.6 Å². The molecule has 0 radical (unpaired) electrons. The zero-order valence-corrected chi connectivity index (χ0v) is 65.4. The summed E-state index contributed by atoms with van der Waals surface area (Å²) < 4.78 is 110. The maximum Gasteiger partial charge on any atom is 0.252 e. The van der Waals surface area contributed by atoms with E-state index in [-0.39, 0.29) is 124 Å². The minimum atomic E-state index is -3.55. The highest BCUT2D eigenvalue weighted by atomic mass is 35.5. The Kier molecular flexibility index (Phi) is 33.7. The zero-order chi connectivity index (χ0) is 75.1. The summed E-state index contributed by atoms with van der Waals surface area (Å²) in [5, 5.41) is 28.7. The van der Waals surface area contributed by atoms with Crippen molar-refractivity contribution in [1.29, 1.82) is 0 Å². The van der Waals surface area contributed by atoms with Gasteiger partial charge in [-0.05, 0) is 163 Å². The number of amides is 2. The van der Waals surface area contributed by atoms with E-state index < -0.39 is 53.5 Å². The number of ether oxygens (including phenoxy) is 6. The van der Waals surface area contributed by atoms with Crippen molar-refractivity contribution in [3.05, 3.63) is 189 Å². The summed E-state index contributed by atoms with van der Waals surface area (Å²) >= 11 is 38.3. The Morgan fingerprint density at radius 1 is 0.423 bits per heavy atom. The van der Waals surface area contributed by atoms with Crippen molar-refractivity contribution >= 4 is 111 Å². The van der Waals surface area contributed by atoms with Crippen LogP contribution >= 0.6 is 69.6 Å². The van der Waals surface area contributed by atoms with Crippen molar-refractivity contribution in [3.8, 4) is 0 Å². The number of carbonyl (C=O) groups is 2. The molecule has 0 saturated carbocycles. The average molecular weight is 1620 g/mol. The standard InChI is InChI=1S/C50H62Cl4N4O12S2.C23H30Cl2N2O4S/c1-57-29-41(39-25-35(51)27-45(53)43(39)31-57)33-5-9-37(10-6-33)71(63,64)23-3-15-67-19-21-69-17-13-55-49(61)47(59)48(60)50(62)56-14-18-70-22-20-68-16-4-24-72(65,66)38-11-7-34(8-12-38)42-30-58(2)32-44-40(42)26-36(52)28-46(44)54;1-27-15-21(20-13-18(24)14-23(25)22(20)16-27)17-3-5-19(6-4-17)32(28,29)12-2-8-30-10-11-31-9-7-26/h5-12,25-28,41-42,47-48,59-60H,3-4,13-24,29-32H2,1-2H3,(H,55,61)(H,56,62);3-6,13-14,21H,2,7-12,15-16,26H2,1H3. The Bertz CT molecular complexity index is 3970. The molecule has 3 heterocycles. The molecule has 0 spiro atoms. The van der Waals surface area contributed by atoms with Gasteiger partial charge in [-0.2, -0.15) is 0 Å². The molecule has 3 aliphatic rings. The summed E-state index contributed by atoms with van der Waals surface area (Å²) in [6, 6.07) is 32.1. The number of nitrogens with two attached hydrogens (primary N) is 1. The third-order valence-corrected chi connectivity index (χ3v) is 24.9. The molecule has 5 unspecified atom stereocenters.